The molecule has 2 aromatic rings. The van der Waals surface area contributed by atoms with Crippen molar-refractivity contribution < 1.29 is 14.3 Å². The fraction of sp³-hybridized carbons (Fsp3) is 0.391. The number of para-hydroxylation sites is 2. The highest BCUT2D eigenvalue weighted by Gasteiger charge is 2.48. The predicted molar refractivity (Wildman–Crippen MR) is 112 cm³/mol. The van der Waals surface area contributed by atoms with Gasteiger partial charge in [-0.05, 0) is 48.6 Å². The van der Waals surface area contributed by atoms with Gasteiger partial charge in [0, 0.05) is 5.69 Å². The maximum absolute atomic E-state index is 12.5. The molecule has 0 spiro atoms. The van der Waals surface area contributed by atoms with Crippen LogP contribution in [0.25, 0.3) is 0 Å². The molecular weight excluding hydrogens is 352 g/mol. The lowest BCUT2D eigenvalue weighted by Gasteiger charge is -2.19. The van der Waals surface area contributed by atoms with Crippen molar-refractivity contribution in [2.45, 2.75) is 39.5 Å². The Morgan fingerprint density at radius 2 is 1.57 bits per heavy atom. The maximum Gasteiger partial charge on any atom is 0.228 e. The lowest BCUT2D eigenvalue weighted by Crippen LogP contribution is -2.21. The topological polar surface area (TPSA) is 67.4 Å². The molecule has 3 rings (SSSR count). The molecule has 2 N–H and O–H groups in total. The van der Waals surface area contributed by atoms with Crippen LogP contribution in [0.15, 0.2) is 48.5 Å². The van der Waals surface area contributed by atoms with E-state index in [4.69, 9.17) is 4.74 Å². The number of hydrogen-bond donors (Lipinski definition) is 2. The van der Waals surface area contributed by atoms with Crippen molar-refractivity contribution in [1.82, 2.24) is 0 Å². The molecule has 0 aliphatic heterocycles. The highest BCUT2D eigenvalue weighted by Crippen LogP contribution is 2.41. The van der Waals surface area contributed by atoms with Crippen LogP contribution in [0.5, 0.6) is 5.75 Å². The van der Waals surface area contributed by atoms with E-state index in [9.17, 15) is 9.59 Å². The first-order chi connectivity index (χ1) is 13.3. The van der Waals surface area contributed by atoms with Gasteiger partial charge in [-0.25, -0.2) is 0 Å². The van der Waals surface area contributed by atoms with Crippen LogP contribution in [0.3, 0.4) is 0 Å². The first kappa shape index (κ1) is 19.9. The van der Waals surface area contributed by atoms with E-state index in [1.54, 1.807) is 6.07 Å². The van der Waals surface area contributed by atoms with E-state index >= 15 is 0 Å². The Balaban J connectivity index is 1.56. The molecule has 5 nitrogen and oxygen atoms in total. The summed E-state index contributed by atoms with van der Waals surface area (Å²) in [5.41, 5.74) is 2.67. The molecule has 1 saturated carbocycles. The van der Waals surface area contributed by atoms with Crippen molar-refractivity contribution in [2.75, 3.05) is 17.2 Å². The summed E-state index contributed by atoms with van der Waals surface area (Å²) in [7, 11) is 0. The average Bonchev–Trinajstić information content (AvgIpc) is 3.44. The molecule has 1 aliphatic carbocycles. The molecule has 0 aromatic heterocycles. The second-order valence-electron chi connectivity index (χ2n) is 8.18. The Labute approximate surface area is 166 Å². The third-order valence-corrected chi connectivity index (χ3v) is 4.93. The second-order valence-corrected chi connectivity index (χ2v) is 8.18. The van der Waals surface area contributed by atoms with Crippen molar-refractivity contribution in [3.05, 3.63) is 54.1 Å². The van der Waals surface area contributed by atoms with Gasteiger partial charge in [0.1, 0.15) is 5.75 Å². The Hall–Kier alpha value is -2.82. The van der Waals surface area contributed by atoms with Gasteiger partial charge in [-0.3, -0.25) is 9.59 Å². The zero-order chi connectivity index (χ0) is 20.3. The summed E-state index contributed by atoms with van der Waals surface area (Å²) in [6, 6.07) is 15.2. The van der Waals surface area contributed by atoms with Crippen molar-refractivity contribution in [3.63, 3.8) is 0 Å². The third kappa shape index (κ3) is 4.71. The summed E-state index contributed by atoms with van der Waals surface area (Å²) in [5.74, 6) is -0.207. The summed E-state index contributed by atoms with van der Waals surface area (Å²) in [5, 5.41) is 5.81. The first-order valence-electron chi connectivity index (χ1n) is 9.73. The van der Waals surface area contributed by atoms with E-state index in [1.807, 2.05) is 49.4 Å². The number of nitrogens with one attached hydrogen (secondary N) is 2. The molecule has 2 aromatic carbocycles. The van der Waals surface area contributed by atoms with Gasteiger partial charge < -0.3 is 15.4 Å². The second kappa shape index (κ2) is 8.05. The summed E-state index contributed by atoms with van der Waals surface area (Å²) in [6.45, 7) is 8.87. The van der Waals surface area contributed by atoms with E-state index in [0.717, 1.165) is 5.69 Å². The van der Waals surface area contributed by atoms with Crippen molar-refractivity contribution in [1.29, 1.82) is 0 Å². The minimum absolute atomic E-state index is 0.0694. The van der Waals surface area contributed by atoms with Gasteiger partial charge in [-0.15, -0.1) is 0 Å². The average molecular weight is 380 g/mol. The minimum Gasteiger partial charge on any atom is -0.492 e. The highest BCUT2D eigenvalue weighted by molar-refractivity contribution is 6.03. The zero-order valence-corrected chi connectivity index (χ0v) is 16.9. The zero-order valence-electron chi connectivity index (χ0n) is 16.9. The molecule has 28 heavy (non-hydrogen) atoms. The SMILES string of the molecule is CCOc1ccccc1NC(=O)C1CC1C(=O)Nc1ccc(C(C)(C)C)cc1. The van der Waals surface area contributed by atoms with Crippen LogP contribution in [0.4, 0.5) is 11.4 Å². The normalized spacial score (nSPS) is 18.3. The number of rotatable bonds is 6. The smallest absolute Gasteiger partial charge is 0.228 e. The summed E-state index contributed by atoms with van der Waals surface area (Å²) < 4.78 is 5.53. The molecule has 0 heterocycles. The monoisotopic (exact) mass is 380 g/mol. The number of benzene rings is 2. The summed E-state index contributed by atoms with van der Waals surface area (Å²) in [4.78, 5) is 25.0. The highest BCUT2D eigenvalue weighted by atomic mass is 16.5. The number of ether oxygens (including phenoxy) is 1. The Morgan fingerprint density at radius 3 is 2.18 bits per heavy atom. The van der Waals surface area contributed by atoms with Crippen LogP contribution in [0, 0.1) is 11.8 Å². The van der Waals surface area contributed by atoms with Crippen LogP contribution >= 0.6 is 0 Å². The number of carbonyl (C=O) groups is 2. The van der Waals surface area contributed by atoms with Gasteiger partial charge >= 0.3 is 0 Å². The standard InChI is InChI=1S/C23H28N2O3/c1-5-28-20-9-7-6-8-19(20)25-22(27)18-14-17(18)21(26)24-16-12-10-15(11-13-16)23(2,3)4/h6-13,17-18H,5,14H2,1-4H3,(H,24,26)(H,25,27). The molecule has 148 valence electrons. The quantitative estimate of drug-likeness (QED) is 0.770. The van der Waals surface area contributed by atoms with Gasteiger partial charge in [-0.2, -0.15) is 0 Å². The molecule has 2 amide bonds. The van der Waals surface area contributed by atoms with Crippen LogP contribution in [0.1, 0.15) is 39.7 Å². The predicted octanol–water partition coefficient (Wildman–Crippen LogP) is 4.60. The largest absolute Gasteiger partial charge is 0.492 e. The molecular formula is C23H28N2O3. The fourth-order valence-corrected chi connectivity index (χ4v) is 3.14. The van der Waals surface area contributed by atoms with Gasteiger partial charge in [-0.1, -0.05) is 45.0 Å². The van der Waals surface area contributed by atoms with Gasteiger partial charge in [0.15, 0.2) is 0 Å². The van der Waals surface area contributed by atoms with Gasteiger partial charge in [0.05, 0.1) is 24.1 Å². The molecule has 1 aliphatic rings. The number of anilines is 2. The van der Waals surface area contributed by atoms with E-state index in [-0.39, 0.29) is 29.1 Å². The third-order valence-electron chi connectivity index (χ3n) is 4.93. The molecule has 0 saturated heterocycles. The van der Waals surface area contributed by atoms with Crippen molar-refractivity contribution in [3.8, 4) is 5.75 Å². The first-order valence-corrected chi connectivity index (χ1v) is 9.73. The fourth-order valence-electron chi connectivity index (χ4n) is 3.14. The van der Waals surface area contributed by atoms with E-state index < -0.39 is 0 Å². The molecule has 0 radical (unpaired) electrons. The van der Waals surface area contributed by atoms with Crippen LogP contribution in [0.2, 0.25) is 0 Å². The Morgan fingerprint density at radius 1 is 0.964 bits per heavy atom. The van der Waals surface area contributed by atoms with Crippen LogP contribution in [-0.2, 0) is 15.0 Å². The number of hydrogen-bond acceptors (Lipinski definition) is 3. The van der Waals surface area contributed by atoms with Crippen molar-refractivity contribution in [2.24, 2.45) is 11.8 Å². The molecule has 5 heteroatoms. The lowest BCUT2D eigenvalue weighted by atomic mass is 9.87. The molecule has 0 bridgehead atoms. The van der Waals surface area contributed by atoms with Crippen molar-refractivity contribution >= 4 is 23.2 Å². The lowest BCUT2D eigenvalue weighted by molar-refractivity contribution is -0.122. The number of carbonyl (C=O) groups excluding carboxylic acids is 2. The summed E-state index contributed by atoms with van der Waals surface area (Å²) >= 11 is 0. The van der Waals surface area contributed by atoms with E-state index in [2.05, 4.69) is 31.4 Å². The Bertz CT molecular complexity index is 853. The van der Waals surface area contributed by atoms with Crippen LogP contribution in [-0.4, -0.2) is 18.4 Å². The van der Waals surface area contributed by atoms with Gasteiger partial charge in [0.25, 0.3) is 0 Å². The van der Waals surface area contributed by atoms with E-state index in [1.165, 1.54) is 5.56 Å². The molecule has 1 fully saturated rings. The summed E-state index contributed by atoms with van der Waals surface area (Å²) in [6.07, 6.45) is 0.564. The Kier molecular flexibility index (Phi) is 5.73. The van der Waals surface area contributed by atoms with E-state index in [0.29, 0.717) is 24.5 Å². The maximum atomic E-state index is 12.5. The van der Waals surface area contributed by atoms with Gasteiger partial charge in [0.2, 0.25) is 11.8 Å². The van der Waals surface area contributed by atoms with Crippen LogP contribution < -0.4 is 15.4 Å². The molecule has 2 unspecified atom stereocenters. The minimum atomic E-state index is -0.302. The molecule has 2 atom stereocenters. The number of amides is 2.